The maximum atomic E-state index is 11.1. The molecular formula is C9H19NO3. The molecule has 4 heteroatoms. The van der Waals surface area contributed by atoms with Crippen molar-refractivity contribution in [1.82, 2.24) is 5.32 Å². The Balaban J connectivity index is 3.87. The third kappa shape index (κ3) is 5.47. The van der Waals surface area contributed by atoms with Gasteiger partial charge in [-0.25, -0.2) is 4.79 Å². The van der Waals surface area contributed by atoms with Crippen molar-refractivity contribution >= 4 is 6.09 Å². The van der Waals surface area contributed by atoms with Crippen LogP contribution in [0.15, 0.2) is 0 Å². The summed E-state index contributed by atoms with van der Waals surface area (Å²) >= 11 is 0. The molecule has 0 radical (unpaired) electrons. The van der Waals surface area contributed by atoms with E-state index in [-0.39, 0.29) is 18.6 Å². The molecular weight excluding hydrogens is 170 g/mol. The highest BCUT2D eigenvalue weighted by molar-refractivity contribution is 5.67. The molecule has 0 aliphatic carbocycles. The van der Waals surface area contributed by atoms with Crippen LogP contribution in [0.25, 0.3) is 0 Å². The molecule has 1 amide bonds. The predicted octanol–water partition coefficient (Wildman–Crippen LogP) is 1.14. The summed E-state index contributed by atoms with van der Waals surface area (Å²) in [4.78, 5) is 11.1. The van der Waals surface area contributed by atoms with E-state index in [9.17, 15) is 4.79 Å². The lowest BCUT2D eigenvalue weighted by molar-refractivity contribution is 0.0304. The van der Waals surface area contributed by atoms with Crippen molar-refractivity contribution in [3.8, 4) is 0 Å². The van der Waals surface area contributed by atoms with Crippen LogP contribution in [0, 0.1) is 5.92 Å². The molecule has 2 N–H and O–H groups in total. The van der Waals surface area contributed by atoms with E-state index in [1.54, 1.807) is 0 Å². The van der Waals surface area contributed by atoms with Crippen molar-refractivity contribution in [2.75, 3.05) is 6.61 Å². The molecule has 0 aliphatic rings. The van der Waals surface area contributed by atoms with Gasteiger partial charge in [-0.2, -0.15) is 0 Å². The van der Waals surface area contributed by atoms with Crippen LogP contribution in [-0.2, 0) is 4.74 Å². The van der Waals surface area contributed by atoms with E-state index in [0.717, 1.165) is 0 Å². The average Bonchev–Trinajstić information content (AvgIpc) is 1.98. The fraction of sp³-hybridized carbons (Fsp3) is 0.889. The summed E-state index contributed by atoms with van der Waals surface area (Å²) in [6.45, 7) is 7.35. The minimum atomic E-state index is -0.470. The molecule has 0 aromatic rings. The molecule has 0 heterocycles. The summed E-state index contributed by atoms with van der Waals surface area (Å²) in [6.07, 6.45) is -0.888. The zero-order chi connectivity index (χ0) is 10.4. The molecule has 13 heavy (non-hydrogen) atoms. The third-order valence-corrected chi connectivity index (χ3v) is 1.59. The van der Waals surface area contributed by atoms with Gasteiger partial charge in [0, 0.05) is 6.04 Å². The number of alkyl carbamates (subject to hydrolysis) is 1. The van der Waals surface area contributed by atoms with Crippen LogP contribution >= 0.6 is 0 Å². The lowest BCUT2D eigenvalue weighted by Gasteiger charge is -2.19. The Labute approximate surface area is 79.3 Å². The number of carbonyl (C=O) groups is 1. The van der Waals surface area contributed by atoms with E-state index in [4.69, 9.17) is 9.84 Å². The van der Waals surface area contributed by atoms with Gasteiger partial charge in [-0.15, -0.1) is 0 Å². The van der Waals surface area contributed by atoms with Gasteiger partial charge < -0.3 is 15.2 Å². The molecule has 0 fully saturated rings. The van der Waals surface area contributed by atoms with Crippen LogP contribution in [0.4, 0.5) is 4.79 Å². The largest absolute Gasteiger partial charge is 0.444 e. The quantitative estimate of drug-likeness (QED) is 0.697. The molecule has 78 valence electrons. The summed E-state index contributed by atoms with van der Waals surface area (Å²) in [5, 5.41) is 11.5. The number of nitrogens with one attached hydrogen (secondary N) is 1. The molecule has 0 saturated heterocycles. The highest BCUT2D eigenvalue weighted by Crippen LogP contribution is 2.05. The lowest BCUT2D eigenvalue weighted by Crippen LogP contribution is -2.36. The molecule has 4 nitrogen and oxygen atoms in total. The van der Waals surface area contributed by atoms with E-state index in [2.05, 4.69) is 5.32 Å². The first-order chi connectivity index (χ1) is 5.97. The Morgan fingerprint density at radius 2 is 1.92 bits per heavy atom. The number of hydrogen-bond donors (Lipinski definition) is 2. The molecule has 1 unspecified atom stereocenters. The number of amides is 1. The van der Waals surface area contributed by atoms with Gasteiger partial charge in [0.05, 0.1) is 6.61 Å². The monoisotopic (exact) mass is 189 g/mol. The van der Waals surface area contributed by atoms with E-state index < -0.39 is 12.2 Å². The number of aliphatic hydroxyl groups excluding tert-OH is 1. The first kappa shape index (κ1) is 12.2. The molecule has 0 saturated carbocycles. The van der Waals surface area contributed by atoms with E-state index in [1.807, 2.05) is 27.7 Å². The molecule has 0 rings (SSSR count). The molecule has 0 aromatic carbocycles. The maximum Gasteiger partial charge on any atom is 0.407 e. The third-order valence-electron chi connectivity index (χ3n) is 1.59. The molecule has 0 spiro atoms. The first-order valence-corrected chi connectivity index (χ1v) is 4.55. The van der Waals surface area contributed by atoms with Crippen LogP contribution in [0.5, 0.6) is 0 Å². The van der Waals surface area contributed by atoms with Crippen LogP contribution < -0.4 is 5.32 Å². The van der Waals surface area contributed by atoms with Gasteiger partial charge in [0.1, 0.15) is 6.10 Å². The van der Waals surface area contributed by atoms with Crippen molar-refractivity contribution in [2.45, 2.75) is 39.8 Å². The molecule has 1 atom stereocenters. The van der Waals surface area contributed by atoms with E-state index in [1.165, 1.54) is 0 Å². The van der Waals surface area contributed by atoms with Crippen LogP contribution in [0.3, 0.4) is 0 Å². The van der Waals surface area contributed by atoms with Gasteiger partial charge in [-0.05, 0) is 19.8 Å². The molecule has 0 aliphatic heterocycles. The van der Waals surface area contributed by atoms with Gasteiger partial charge >= 0.3 is 6.09 Å². The zero-order valence-electron chi connectivity index (χ0n) is 8.70. The summed E-state index contributed by atoms with van der Waals surface area (Å²) in [5.41, 5.74) is 0. The highest BCUT2D eigenvalue weighted by Gasteiger charge is 2.17. The van der Waals surface area contributed by atoms with Crippen molar-refractivity contribution < 1.29 is 14.6 Å². The Bertz CT molecular complexity index is 157. The lowest BCUT2D eigenvalue weighted by atomic mass is 10.1. The fourth-order valence-electron chi connectivity index (χ4n) is 0.791. The second kappa shape index (κ2) is 5.80. The average molecular weight is 189 g/mol. The first-order valence-electron chi connectivity index (χ1n) is 4.55. The highest BCUT2D eigenvalue weighted by atomic mass is 16.6. The number of rotatable bonds is 4. The van der Waals surface area contributed by atoms with Gasteiger partial charge in [0.25, 0.3) is 0 Å². The van der Waals surface area contributed by atoms with Crippen LogP contribution in [0.1, 0.15) is 27.7 Å². The van der Waals surface area contributed by atoms with Crippen molar-refractivity contribution in [2.24, 2.45) is 5.92 Å². The summed E-state index contributed by atoms with van der Waals surface area (Å²) in [7, 11) is 0. The van der Waals surface area contributed by atoms with Crippen LogP contribution in [0.2, 0.25) is 0 Å². The topological polar surface area (TPSA) is 58.6 Å². The molecule has 0 bridgehead atoms. The molecule has 0 aromatic heterocycles. The summed E-state index contributed by atoms with van der Waals surface area (Å²) in [5.74, 6) is 0.128. The van der Waals surface area contributed by atoms with Gasteiger partial charge in [0.15, 0.2) is 0 Å². The maximum absolute atomic E-state index is 11.1. The Kier molecular flexibility index (Phi) is 5.46. The van der Waals surface area contributed by atoms with Gasteiger partial charge in [-0.3, -0.25) is 0 Å². The minimum Gasteiger partial charge on any atom is -0.444 e. The smallest absolute Gasteiger partial charge is 0.407 e. The Morgan fingerprint density at radius 3 is 2.23 bits per heavy atom. The summed E-state index contributed by atoms with van der Waals surface area (Å²) in [6, 6.07) is 0.0546. The summed E-state index contributed by atoms with van der Waals surface area (Å²) < 4.78 is 4.97. The Hall–Kier alpha value is -0.770. The van der Waals surface area contributed by atoms with Gasteiger partial charge in [0.2, 0.25) is 0 Å². The zero-order valence-corrected chi connectivity index (χ0v) is 8.70. The van der Waals surface area contributed by atoms with Gasteiger partial charge in [-0.1, -0.05) is 13.8 Å². The van der Waals surface area contributed by atoms with Crippen molar-refractivity contribution in [3.05, 3.63) is 0 Å². The number of carbonyl (C=O) groups excluding carboxylic acids is 1. The van der Waals surface area contributed by atoms with Crippen LogP contribution in [-0.4, -0.2) is 30.0 Å². The normalized spacial score (nSPS) is 13.2. The van der Waals surface area contributed by atoms with E-state index in [0.29, 0.717) is 0 Å². The fourth-order valence-corrected chi connectivity index (χ4v) is 0.791. The van der Waals surface area contributed by atoms with E-state index >= 15 is 0 Å². The second-order valence-electron chi connectivity index (χ2n) is 3.67. The number of ether oxygens (including phenoxy) is 1. The predicted molar refractivity (Wildman–Crippen MR) is 50.5 cm³/mol. The second-order valence-corrected chi connectivity index (χ2v) is 3.67. The minimum absolute atomic E-state index is 0.0546. The number of aliphatic hydroxyl groups is 1. The Morgan fingerprint density at radius 1 is 1.38 bits per heavy atom. The SMILES string of the molecule is CC(C)NC(=O)OC(CO)C(C)C. The standard InChI is InChI=1S/C9H19NO3/c1-6(2)8(5-11)13-9(12)10-7(3)4/h6-8,11H,5H2,1-4H3,(H,10,12). The van der Waals surface area contributed by atoms with Crippen molar-refractivity contribution in [1.29, 1.82) is 0 Å². The van der Waals surface area contributed by atoms with Crippen molar-refractivity contribution in [3.63, 3.8) is 0 Å². The number of hydrogen-bond acceptors (Lipinski definition) is 3.